The first kappa shape index (κ1) is 10.4. The molecule has 1 fully saturated rings. The maximum absolute atomic E-state index is 13.6. The van der Waals surface area contributed by atoms with Crippen molar-refractivity contribution in [3.63, 3.8) is 0 Å². The van der Waals surface area contributed by atoms with Crippen LogP contribution < -0.4 is 5.73 Å². The minimum Gasteiger partial charge on any atom is -0.503 e. The van der Waals surface area contributed by atoms with Gasteiger partial charge in [-0.25, -0.2) is 8.78 Å². The molecule has 0 aliphatic heterocycles. The number of phenols is 1. The number of rotatable bonds is 2. The molecule has 0 unspecified atom stereocenters. The fraction of sp³-hybridized carbons (Fsp3) is 0.455. The van der Waals surface area contributed by atoms with Crippen LogP contribution in [-0.2, 0) is 5.41 Å². The lowest BCUT2D eigenvalue weighted by Crippen LogP contribution is -2.42. The molecule has 1 aliphatic rings. The quantitative estimate of drug-likeness (QED) is 0.789. The van der Waals surface area contributed by atoms with Gasteiger partial charge in [-0.3, -0.25) is 0 Å². The third-order valence-corrected chi connectivity index (χ3v) is 3.34. The summed E-state index contributed by atoms with van der Waals surface area (Å²) < 4.78 is 26.5. The molecule has 1 aliphatic carbocycles. The summed E-state index contributed by atoms with van der Waals surface area (Å²) in [6.45, 7) is 0.328. The Hall–Kier alpha value is -1.16. The van der Waals surface area contributed by atoms with Gasteiger partial charge in [0.25, 0.3) is 0 Å². The molecule has 0 heterocycles. The highest BCUT2D eigenvalue weighted by Crippen LogP contribution is 2.45. The summed E-state index contributed by atoms with van der Waals surface area (Å²) in [5.74, 6) is -2.69. The van der Waals surface area contributed by atoms with Gasteiger partial charge in [0.1, 0.15) is 0 Å². The minimum atomic E-state index is -0.928. The molecular formula is C11H13F2NO. The van der Waals surface area contributed by atoms with E-state index in [1.54, 1.807) is 0 Å². The van der Waals surface area contributed by atoms with Crippen molar-refractivity contribution in [3.05, 3.63) is 29.3 Å². The summed E-state index contributed by atoms with van der Waals surface area (Å²) >= 11 is 0. The molecule has 0 aromatic heterocycles. The standard InChI is InChI=1S/C11H13F2NO/c12-8-3-2-7(9(13)10(8)15)11(6-14)4-1-5-11/h2-3,15H,1,4-6,14H2. The monoisotopic (exact) mass is 213 g/mol. The Kier molecular flexibility index (Phi) is 2.38. The molecule has 2 rings (SSSR count). The normalized spacial score (nSPS) is 18.6. The fourth-order valence-corrected chi connectivity index (χ4v) is 2.14. The van der Waals surface area contributed by atoms with Crippen LogP contribution in [0, 0.1) is 11.6 Å². The van der Waals surface area contributed by atoms with Crippen LogP contribution in [0.1, 0.15) is 24.8 Å². The topological polar surface area (TPSA) is 46.2 Å². The van der Waals surface area contributed by atoms with Gasteiger partial charge >= 0.3 is 0 Å². The maximum Gasteiger partial charge on any atom is 0.188 e. The highest BCUT2D eigenvalue weighted by atomic mass is 19.1. The first-order chi connectivity index (χ1) is 7.10. The van der Waals surface area contributed by atoms with E-state index >= 15 is 0 Å². The summed E-state index contributed by atoms with van der Waals surface area (Å²) in [4.78, 5) is 0. The molecule has 1 aromatic carbocycles. The van der Waals surface area contributed by atoms with Crippen LogP contribution in [0.15, 0.2) is 12.1 Å². The number of nitrogens with two attached hydrogens (primary N) is 1. The molecule has 82 valence electrons. The second-order valence-electron chi connectivity index (χ2n) is 4.10. The van der Waals surface area contributed by atoms with Crippen LogP contribution in [0.25, 0.3) is 0 Å². The number of aromatic hydroxyl groups is 1. The molecule has 0 spiro atoms. The minimum absolute atomic E-state index is 0.328. The summed E-state index contributed by atoms with van der Waals surface area (Å²) in [7, 11) is 0. The van der Waals surface area contributed by atoms with E-state index in [0.717, 1.165) is 25.3 Å². The van der Waals surface area contributed by atoms with Crippen molar-refractivity contribution in [2.24, 2.45) is 5.73 Å². The highest BCUT2D eigenvalue weighted by molar-refractivity contribution is 5.38. The SMILES string of the molecule is NCC1(c2ccc(F)c(O)c2F)CCC1. The van der Waals surface area contributed by atoms with Crippen molar-refractivity contribution < 1.29 is 13.9 Å². The number of benzene rings is 1. The van der Waals surface area contributed by atoms with Crippen LogP contribution in [0.5, 0.6) is 5.75 Å². The molecule has 0 atom stereocenters. The van der Waals surface area contributed by atoms with Crippen LogP contribution >= 0.6 is 0 Å². The molecular weight excluding hydrogens is 200 g/mol. The molecule has 4 heteroatoms. The fourth-order valence-electron chi connectivity index (χ4n) is 2.14. The number of phenolic OH excluding ortho intramolecular Hbond substituents is 1. The lowest BCUT2D eigenvalue weighted by Gasteiger charge is -2.41. The smallest absolute Gasteiger partial charge is 0.188 e. The zero-order valence-corrected chi connectivity index (χ0v) is 8.26. The molecule has 15 heavy (non-hydrogen) atoms. The molecule has 1 aromatic rings. The van der Waals surface area contributed by atoms with Crippen molar-refractivity contribution in [1.29, 1.82) is 0 Å². The number of hydrogen-bond donors (Lipinski definition) is 2. The Bertz CT molecular complexity index is 383. The van der Waals surface area contributed by atoms with E-state index in [1.807, 2.05) is 0 Å². The van der Waals surface area contributed by atoms with Crippen LogP contribution in [0.2, 0.25) is 0 Å². The Morgan fingerprint density at radius 2 is 2.00 bits per heavy atom. The summed E-state index contributed by atoms with van der Waals surface area (Å²) in [6.07, 6.45) is 2.59. The Balaban J connectivity index is 2.49. The molecule has 0 amide bonds. The van der Waals surface area contributed by atoms with Crippen molar-refractivity contribution >= 4 is 0 Å². The Labute approximate surface area is 86.7 Å². The molecule has 3 N–H and O–H groups in total. The third-order valence-electron chi connectivity index (χ3n) is 3.34. The van der Waals surface area contributed by atoms with Crippen LogP contribution in [-0.4, -0.2) is 11.7 Å². The predicted molar refractivity (Wildman–Crippen MR) is 52.6 cm³/mol. The maximum atomic E-state index is 13.6. The number of hydrogen-bond acceptors (Lipinski definition) is 2. The lowest BCUT2D eigenvalue weighted by molar-refractivity contribution is 0.241. The Morgan fingerprint density at radius 1 is 1.33 bits per heavy atom. The average molecular weight is 213 g/mol. The first-order valence-electron chi connectivity index (χ1n) is 4.98. The van der Waals surface area contributed by atoms with E-state index in [-0.39, 0.29) is 0 Å². The zero-order valence-electron chi connectivity index (χ0n) is 8.26. The van der Waals surface area contributed by atoms with Crippen molar-refractivity contribution in [2.75, 3.05) is 6.54 Å². The number of halogens is 2. The van der Waals surface area contributed by atoms with Crippen molar-refractivity contribution in [1.82, 2.24) is 0 Å². The third kappa shape index (κ3) is 1.40. The van der Waals surface area contributed by atoms with E-state index in [0.29, 0.717) is 12.1 Å². The molecule has 1 saturated carbocycles. The predicted octanol–water partition coefficient (Wildman–Crippen LogP) is 2.05. The van der Waals surface area contributed by atoms with Crippen LogP contribution in [0.3, 0.4) is 0 Å². The summed E-state index contributed by atoms with van der Waals surface area (Å²) in [5, 5.41) is 9.17. The first-order valence-corrected chi connectivity index (χ1v) is 4.98. The summed E-state index contributed by atoms with van der Waals surface area (Å²) in [5.41, 5.74) is 5.56. The second kappa shape index (κ2) is 3.45. The van der Waals surface area contributed by atoms with Gasteiger partial charge in [-0.2, -0.15) is 0 Å². The van der Waals surface area contributed by atoms with Gasteiger partial charge in [0.15, 0.2) is 17.4 Å². The second-order valence-corrected chi connectivity index (χ2v) is 4.10. The van der Waals surface area contributed by atoms with Crippen molar-refractivity contribution in [2.45, 2.75) is 24.7 Å². The van der Waals surface area contributed by atoms with E-state index in [4.69, 9.17) is 5.73 Å². The van der Waals surface area contributed by atoms with Crippen molar-refractivity contribution in [3.8, 4) is 5.75 Å². The largest absolute Gasteiger partial charge is 0.503 e. The van der Waals surface area contributed by atoms with Gasteiger partial charge < -0.3 is 10.8 Å². The zero-order chi connectivity index (χ0) is 11.1. The van der Waals surface area contributed by atoms with E-state index in [9.17, 15) is 13.9 Å². The van der Waals surface area contributed by atoms with E-state index in [1.165, 1.54) is 6.07 Å². The average Bonchev–Trinajstić information content (AvgIpc) is 2.17. The van der Waals surface area contributed by atoms with Crippen LogP contribution in [0.4, 0.5) is 8.78 Å². The van der Waals surface area contributed by atoms with Gasteiger partial charge in [-0.15, -0.1) is 0 Å². The van der Waals surface area contributed by atoms with Gasteiger partial charge in [0, 0.05) is 12.0 Å². The Morgan fingerprint density at radius 3 is 2.47 bits per heavy atom. The van der Waals surface area contributed by atoms with Gasteiger partial charge in [0.2, 0.25) is 0 Å². The van der Waals surface area contributed by atoms with Gasteiger partial charge in [-0.1, -0.05) is 12.5 Å². The van der Waals surface area contributed by atoms with Gasteiger partial charge in [0.05, 0.1) is 0 Å². The van der Waals surface area contributed by atoms with Gasteiger partial charge in [-0.05, 0) is 24.5 Å². The molecule has 2 nitrogen and oxygen atoms in total. The molecule has 0 radical (unpaired) electrons. The van der Waals surface area contributed by atoms with E-state index < -0.39 is 22.8 Å². The van der Waals surface area contributed by atoms with E-state index in [2.05, 4.69) is 0 Å². The molecule has 0 saturated heterocycles. The highest BCUT2D eigenvalue weighted by Gasteiger charge is 2.40. The lowest BCUT2D eigenvalue weighted by atomic mass is 9.64. The summed E-state index contributed by atoms with van der Waals surface area (Å²) in [6, 6.07) is 2.47. The molecule has 0 bridgehead atoms.